The molecule has 0 aromatic carbocycles. The van der Waals surface area contributed by atoms with E-state index in [1.807, 2.05) is 26.8 Å². The van der Waals surface area contributed by atoms with E-state index in [0.717, 1.165) is 29.1 Å². The molecule has 5 nitrogen and oxygen atoms in total. The van der Waals surface area contributed by atoms with E-state index in [-0.39, 0.29) is 6.04 Å². The molecule has 0 aliphatic rings. The Labute approximate surface area is 118 Å². The number of anilines is 1. The number of aryl methyl sites for hydroxylation is 3. The van der Waals surface area contributed by atoms with E-state index in [0.29, 0.717) is 11.4 Å². The molecule has 0 fully saturated rings. The number of rotatable bonds is 4. The SMILES string of the molecule is Cc1ccc(C#N)c(NC(C)Cc2c(C)noc2C)n1. The molecule has 0 aliphatic heterocycles. The number of nitriles is 1. The zero-order valence-corrected chi connectivity index (χ0v) is 12.2. The van der Waals surface area contributed by atoms with E-state index in [9.17, 15) is 0 Å². The Kier molecular flexibility index (Phi) is 4.04. The lowest BCUT2D eigenvalue weighted by atomic mass is 10.1. The van der Waals surface area contributed by atoms with Gasteiger partial charge in [-0.25, -0.2) is 4.98 Å². The largest absolute Gasteiger partial charge is 0.366 e. The van der Waals surface area contributed by atoms with Crippen LogP contribution in [0.5, 0.6) is 0 Å². The van der Waals surface area contributed by atoms with E-state index in [4.69, 9.17) is 9.78 Å². The number of aromatic nitrogens is 2. The molecule has 0 bridgehead atoms. The lowest BCUT2D eigenvalue weighted by molar-refractivity contribution is 0.392. The highest BCUT2D eigenvalue weighted by Crippen LogP contribution is 2.18. The van der Waals surface area contributed by atoms with E-state index < -0.39 is 0 Å². The second-order valence-corrected chi connectivity index (χ2v) is 5.01. The summed E-state index contributed by atoms with van der Waals surface area (Å²) in [5.41, 5.74) is 3.46. The number of nitrogens with one attached hydrogen (secondary N) is 1. The van der Waals surface area contributed by atoms with Crippen molar-refractivity contribution in [3.8, 4) is 6.07 Å². The molecule has 2 heterocycles. The molecular weight excluding hydrogens is 252 g/mol. The summed E-state index contributed by atoms with van der Waals surface area (Å²) in [6.07, 6.45) is 0.779. The van der Waals surface area contributed by atoms with Gasteiger partial charge in [0.2, 0.25) is 0 Å². The van der Waals surface area contributed by atoms with E-state index in [2.05, 4.69) is 28.5 Å². The molecule has 2 aromatic rings. The summed E-state index contributed by atoms with van der Waals surface area (Å²) in [7, 11) is 0. The molecular formula is C15H18N4O. The van der Waals surface area contributed by atoms with Gasteiger partial charge in [0.1, 0.15) is 17.6 Å². The van der Waals surface area contributed by atoms with Gasteiger partial charge in [0.15, 0.2) is 0 Å². The van der Waals surface area contributed by atoms with Crippen molar-refractivity contribution < 1.29 is 4.52 Å². The monoisotopic (exact) mass is 270 g/mol. The van der Waals surface area contributed by atoms with Crippen LogP contribution < -0.4 is 5.32 Å². The highest BCUT2D eigenvalue weighted by molar-refractivity contribution is 5.52. The molecule has 0 saturated carbocycles. The van der Waals surface area contributed by atoms with Crippen molar-refractivity contribution in [1.29, 1.82) is 5.26 Å². The van der Waals surface area contributed by atoms with E-state index in [1.165, 1.54) is 0 Å². The highest BCUT2D eigenvalue weighted by atomic mass is 16.5. The minimum absolute atomic E-state index is 0.133. The first-order chi connectivity index (χ1) is 9.51. The van der Waals surface area contributed by atoms with Crippen LogP contribution in [0.25, 0.3) is 0 Å². The molecule has 5 heteroatoms. The maximum Gasteiger partial charge on any atom is 0.144 e. The van der Waals surface area contributed by atoms with Crippen LogP contribution >= 0.6 is 0 Å². The van der Waals surface area contributed by atoms with Gasteiger partial charge >= 0.3 is 0 Å². The van der Waals surface area contributed by atoms with Gasteiger partial charge in [-0.3, -0.25) is 0 Å². The molecule has 20 heavy (non-hydrogen) atoms. The zero-order valence-electron chi connectivity index (χ0n) is 12.2. The molecule has 0 amide bonds. The van der Waals surface area contributed by atoms with Gasteiger partial charge in [-0.05, 0) is 46.2 Å². The predicted octanol–water partition coefficient (Wildman–Crippen LogP) is 2.91. The normalized spacial score (nSPS) is 11.9. The molecule has 2 rings (SSSR count). The van der Waals surface area contributed by atoms with E-state index in [1.54, 1.807) is 6.07 Å². The molecule has 0 radical (unpaired) electrons. The predicted molar refractivity (Wildman–Crippen MR) is 76.5 cm³/mol. The maximum atomic E-state index is 9.11. The second kappa shape index (κ2) is 5.74. The van der Waals surface area contributed by atoms with Gasteiger partial charge in [0.05, 0.1) is 11.3 Å². The van der Waals surface area contributed by atoms with Gasteiger partial charge in [-0.1, -0.05) is 5.16 Å². The Bertz CT molecular complexity index is 635. The zero-order chi connectivity index (χ0) is 14.7. The summed E-state index contributed by atoms with van der Waals surface area (Å²) in [5, 5.41) is 16.4. The smallest absolute Gasteiger partial charge is 0.144 e. The average molecular weight is 270 g/mol. The summed E-state index contributed by atoms with van der Waals surface area (Å²) in [6.45, 7) is 7.81. The Morgan fingerprint density at radius 3 is 2.70 bits per heavy atom. The maximum absolute atomic E-state index is 9.11. The van der Waals surface area contributed by atoms with Crippen LogP contribution in [0.3, 0.4) is 0 Å². The average Bonchev–Trinajstić information content (AvgIpc) is 2.71. The number of pyridine rings is 1. The fourth-order valence-corrected chi connectivity index (χ4v) is 2.14. The molecule has 0 spiro atoms. The summed E-state index contributed by atoms with van der Waals surface area (Å²) >= 11 is 0. The van der Waals surface area contributed by atoms with Gasteiger partial charge in [-0.15, -0.1) is 0 Å². The van der Waals surface area contributed by atoms with Crippen molar-refractivity contribution in [2.24, 2.45) is 0 Å². The highest BCUT2D eigenvalue weighted by Gasteiger charge is 2.14. The molecule has 1 unspecified atom stereocenters. The molecule has 1 N–H and O–H groups in total. The van der Waals surface area contributed by atoms with Crippen molar-refractivity contribution in [1.82, 2.24) is 10.1 Å². The summed E-state index contributed by atoms with van der Waals surface area (Å²) < 4.78 is 5.16. The van der Waals surface area contributed by atoms with Crippen LogP contribution in [-0.2, 0) is 6.42 Å². The summed E-state index contributed by atoms with van der Waals surface area (Å²) in [6, 6.07) is 5.91. The van der Waals surface area contributed by atoms with Crippen molar-refractivity contribution in [3.63, 3.8) is 0 Å². The van der Waals surface area contributed by atoms with Crippen LogP contribution in [-0.4, -0.2) is 16.2 Å². The standard InChI is InChI=1S/C15H18N4O/c1-9-5-6-13(8-16)15(17-9)18-10(2)7-14-11(3)19-20-12(14)4/h5-6,10H,7H2,1-4H3,(H,17,18). The fourth-order valence-electron chi connectivity index (χ4n) is 2.14. The molecule has 2 aromatic heterocycles. The lowest BCUT2D eigenvalue weighted by Crippen LogP contribution is -2.20. The topological polar surface area (TPSA) is 74.7 Å². The summed E-state index contributed by atoms with van der Waals surface area (Å²) in [5.74, 6) is 1.47. The Balaban J connectivity index is 2.15. The third kappa shape index (κ3) is 2.97. The van der Waals surface area contributed by atoms with Crippen LogP contribution in [0, 0.1) is 32.1 Å². The van der Waals surface area contributed by atoms with Crippen molar-refractivity contribution in [2.45, 2.75) is 40.2 Å². The second-order valence-electron chi connectivity index (χ2n) is 5.01. The number of hydrogen-bond donors (Lipinski definition) is 1. The van der Waals surface area contributed by atoms with Crippen molar-refractivity contribution in [3.05, 3.63) is 40.4 Å². The Morgan fingerprint density at radius 2 is 2.10 bits per heavy atom. The van der Waals surface area contributed by atoms with Crippen molar-refractivity contribution >= 4 is 5.82 Å². The first-order valence-corrected chi connectivity index (χ1v) is 6.57. The molecule has 1 atom stereocenters. The van der Waals surface area contributed by atoms with Crippen molar-refractivity contribution in [2.75, 3.05) is 5.32 Å². The number of hydrogen-bond acceptors (Lipinski definition) is 5. The van der Waals surface area contributed by atoms with Crippen LogP contribution in [0.15, 0.2) is 16.7 Å². The Morgan fingerprint density at radius 1 is 1.35 bits per heavy atom. The quantitative estimate of drug-likeness (QED) is 0.924. The molecule has 0 aliphatic carbocycles. The Hall–Kier alpha value is -2.35. The van der Waals surface area contributed by atoms with E-state index >= 15 is 0 Å². The van der Waals surface area contributed by atoms with Gasteiger partial charge < -0.3 is 9.84 Å². The lowest BCUT2D eigenvalue weighted by Gasteiger charge is -2.15. The molecule has 0 saturated heterocycles. The first-order valence-electron chi connectivity index (χ1n) is 6.57. The first kappa shape index (κ1) is 14.1. The minimum Gasteiger partial charge on any atom is -0.366 e. The van der Waals surface area contributed by atoms with Crippen LogP contribution in [0.1, 0.15) is 35.2 Å². The van der Waals surface area contributed by atoms with Gasteiger partial charge in [-0.2, -0.15) is 5.26 Å². The molecule has 104 valence electrons. The minimum atomic E-state index is 0.133. The fraction of sp³-hybridized carbons (Fsp3) is 0.400. The van der Waals surface area contributed by atoms with Gasteiger partial charge in [0, 0.05) is 17.3 Å². The van der Waals surface area contributed by atoms with Crippen LogP contribution in [0.4, 0.5) is 5.82 Å². The third-order valence-electron chi connectivity index (χ3n) is 3.23. The van der Waals surface area contributed by atoms with Gasteiger partial charge in [0.25, 0.3) is 0 Å². The number of nitrogens with zero attached hydrogens (tertiary/aromatic N) is 3. The third-order valence-corrected chi connectivity index (χ3v) is 3.23. The van der Waals surface area contributed by atoms with Crippen LogP contribution in [0.2, 0.25) is 0 Å². The summed E-state index contributed by atoms with van der Waals surface area (Å²) in [4.78, 5) is 4.39.